The van der Waals surface area contributed by atoms with E-state index in [1.54, 1.807) is 6.07 Å². The van der Waals surface area contributed by atoms with Gasteiger partial charge in [-0.15, -0.1) is 0 Å². The average Bonchev–Trinajstić information content (AvgIpc) is 3.37. The van der Waals surface area contributed by atoms with Crippen molar-refractivity contribution in [2.75, 3.05) is 38.2 Å². The van der Waals surface area contributed by atoms with E-state index >= 15 is 0 Å². The fraction of sp³-hybridized carbons (Fsp3) is 0.586. The molecule has 7 nitrogen and oxygen atoms in total. The molecule has 1 aromatic carbocycles. The molecular weight excluding hydrogens is 473 g/mol. The van der Waals surface area contributed by atoms with E-state index in [-0.39, 0.29) is 12.2 Å². The molecule has 4 heterocycles. The molecule has 200 valence electrons. The van der Waals surface area contributed by atoms with Gasteiger partial charge in [0, 0.05) is 38.5 Å². The Hall–Kier alpha value is -2.55. The summed E-state index contributed by atoms with van der Waals surface area (Å²) in [5.74, 6) is -0.345. The van der Waals surface area contributed by atoms with Gasteiger partial charge in [-0.25, -0.2) is 9.37 Å². The van der Waals surface area contributed by atoms with Crippen molar-refractivity contribution in [2.24, 2.45) is 0 Å². The third kappa shape index (κ3) is 6.48. The highest BCUT2D eigenvalue weighted by atomic mass is 19.1. The van der Waals surface area contributed by atoms with E-state index in [1.165, 1.54) is 17.7 Å². The standard InChI is InChI=1S/C29H38FN3O4/c30-21-10-12-24(26-8-2-4-17-37-26)25(18-21)27(29(34)35)33-15-13-23(19-33)36-16-3-1-7-22-11-9-20-6-5-14-31-28(20)32-22/h9-12,18,23,26-27H,1-8,13-17,19H2,(H,31,32)(H,34,35)/t23-,26-,27-/m1/s1. The second kappa shape index (κ2) is 12.3. The molecule has 2 saturated heterocycles. The summed E-state index contributed by atoms with van der Waals surface area (Å²) in [6.07, 6.45) is 8.53. The smallest absolute Gasteiger partial charge is 0.325 e. The molecule has 2 aromatic rings. The van der Waals surface area contributed by atoms with Crippen molar-refractivity contribution in [2.45, 2.75) is 76.0 Å². The monoisotopic (exact) mass is 511 g/mol. The zero-order valence-corrected chi connectivity index (χ0v) is 21.5. The molecule has 0 bridgehead atoms. The van der Waals surface area contributed by atoms with Crippen LogP contribution in [0.4, 0.5) is 10.2 Å². The molecule has 0 unspecified atom stereocenters. The number of benzene rings is 1. The Labute approximate surface area is 218 Å². The van der Waals surface area contributed by atoms with Crippen LogP contribution in [0, 0.1) is 5.82 Å². The van der Waals surface area contributed by atoms with E-state index in [4.69, 9.17) is 14.5 Å². The lowest BCUT2D eigenvalue weighted by molar-refractivity contribution is -0.143. The number of hydrogen-bond donors (Lipinski definition) is 2. The highest BCUT2D eigenvalue weighted by molar-refractivity contribution is 5.76. The van der Waals surface area contributed by atoms with Gasteiger partial charge in [0.25, 0.3) is 0 Å². The Kier molecular flexibility index (Phi) is 8.69. The van der Waals surface area contributed by atoms with Crippen LogP contribution in [0.1, 0.15) is 79.5 Å². The number of fused-ring (bicyclic) bond motifs is 1. The quantitative estimate of drug-likeness (QED) is 0.432. The number of aryl methyl sites for hydroxylation is 2. The number of nitrogens with one attached hydrogen (secondary N) is 1. The summed E-state index contributed by atoms with van der Waals surface area (Å²) < 4.78 is 26.3. The van der Waals surface area contributed by atoms with E-state index in [2.05, 4.69) is 17.4 Å². The number of unbranched alkanes of at least 4 members (excludes halogenated alkanes) is 1. The van der Waals surface area contributed by atoms with Crippen molar-refractivity contribution in [3.63, 3.8) is 0 Å². The number of carbonyl (C=O) groups is 1. The number of pyridine rings is 1. The number of aliphatic carboxylic acids is 1. The molecule has 0 amide bonds. The molecule has 0 aliphatic carbocycles. The Bertz CT molecular complexity index is 1080. The van der Waals surface area contributed by atoms with Crippen LogP contribution in [-0.2, 0) is 27.1 Å². The minimum Gasteiger partial charge on any atom is -0.480 e. The lowest BCUT2D eigenvalue weighted by atomic mass is 9.92. The number of halogens is 1. The molecule has 5 rings (SSSR count). The van der Waals surface area contributed by atoms with Gasteiger partial charge in [0.15, 0.2) is 0 Å². The number of nitrogens with zero attached hydrogens (tertiary/aromatic N) is 2. The van der Waals surface area contributed by atoms with Gasteiger partial charge >= 0.3 is 5.97 Å². The number of rotatable bonds is 10. The zero-order chi connectivity index (χ0) is 25.6. The number of hydrogen-bond acceptors (Lipinski definition) is 6. The fourth-order valence-electron chi connectivity index (χ4n) is 5.84. The lowest BCUT2D eigenvalue weighted by Gasteiger charge is -2.30. The van der Waals surface area contributed by atoms with Gasteiger partial charge in [0.05, 0.1) is 12.2 Å². The van der Waals surface area contributed by atoms with Crippen molar-refractivity contribution in [3.05, 3.63) is 58.5 Å². The van der Waals surface area contributed by atoms with E-state index in [9.17, 15) is 14.3 Å². The van der Waals surface area contributed by atoms with Crippen LogP contribution in [0.2, 0.25) is 0 Å². The van der Waals surface area contributed by atoms with Crippen LogP contribution >= 0.6 is 0 Å². The lowest BCUT2D eigenvalue weighted by Crippen LogP contribution is -2.34. The first-order chi connectivity index (χ1) is 18.1. The van der Waals surface area contributed by atoms with Crippen molar-refractivity contribution in [1.82, 2.24) is 9.88 Å². The van der Waals surface area contributed by atoms with Gasteiger partial charge in [0.1, 0.15) is 17.7 Å². The number of anilines is 1. The molecule has 37 heavy (non-hydrogen) atoms. The Morgan fingerprint density at radius 2 is 2.14 bits per heavy atom. The molecule has 1 aromatic heterocycles. The van der Waals surface area contributed by atoms with Crippen molar-refractivity contribution in [1.29, 1.82) is 0 Å². The molecule has 2 fully saturated rings. The Morgan fingerprint density at radius 3 is 2.97 bits per heavy atom. The van der Waals surface area contributed by atoms with Crippen LogP contribution in [0.3, 0.4) is 0 Å². The summed E-state index contributed by atoms with van der Waals surface area (Å²) in [5, 5.41) is 13.5. The highest BCUT2D eigenvalue weighted by Gasteiger charge is 2.36. The summed E-state index contributed by atoms with van der Waals surface area (Å²) in [5.41, 5.74) is 3.72. The third-order valence-electron chi connectivity index (χ3n) is 7.78. The van der Waals surface area contributed by atoms with Gasteiger partial charge in [-0.3, -0.25) is 9.69 Å². The minimum atomic E-state index is -0.963. The van der Waals surface area contributed by atoms with Crippen LogP contribution in [0.15, 0.2) is 30.3 Å². The van der Waals surface area contributed by atoms with E-state index < -0.39 is 17.8 Å². The van der Waals surface area contributed by atoms with Gasteiger partial charge in [-0.05, 0) is 92.7 Å². The van der Waals surface area contributed by atoms with Crippen LogP contribution in [0.5, 0.6) is 0 Å². The SMILES string of the molecule is O=C(O)[C@@H](c1cc(F)ccc1[C@H]1CCCCO1)N1CC[C@@H](OCCCCc2ccc3c(n2)NCCC3)C1. The maximum atomic E-state index is 14.3. The maximum absolute atomic E-state index is 14.3. The molecule has 0 radical (unpaired) electrons. The molecular formula is C29H38FN3O4. The molecule has 3 atom stereocenters. The molecule has 0 spiro atoms. The molecule has 3 aliphatic rings. The minimum absolute atomic E-state index is 0.0177. The number of carboxylic acids is 1. The van der Waals surface area contributed by atoms with Crippen molar-refractivity contribution >= 4 is 11.8 Å². The third-order valence-corrected chi connectivity index (χ3v) is 7.78. The topological polar surface area (TPSA) is 83.9 Å². The first kappa shape index (κ1) is 26.1. The molecule has 2 N–H and O–H groups in total. The van der Waals surface area contributed by atoms with E-state index in [0.717, 1.165) is 81.4 Å². The van der Waals surface area contributed by atoms with Gasteiger partial charge in [-0.2, -0.15) is 0 Å². The summed E-state index contributed by atoms with van der Waals surface area (Å²) in [6, 6.07) is 7.90. The van der Waals surface area contributed by atoms with Crippen LogP contribution in [-0.4, -0.2) is 59.9 Å². The number of carboxylic acid groups (broad SMARTS) is 1. The zero-order valence-electron chi connectivity index (χ0n) is 21.5. The first-order valence-corrected chi connectivity index (χ1v) is 13.8. The predicted octanol–water partition coefficient (Wildman–Crippen LogP) is 5.06. The van der Waals surface area contributed by atoms with Crippen LogP contribution < -0.4 is 5.32 Å². The molecule has 0 saturated carbocycles. The molecule has 3 aliphatic heterocycles. The summed E-state index contributed by atoms with van der Waals surface area (Å²) in [7, 11) is 0. The van der Waals surface area contributed by atoms with Crippen molar-refractivity contribution in [3.8, 4) is 0 Å². The van der Waals surface area contributed by atoms with E-state index in [1.807, 2.05) is 4.90 Å². The second-order valence-electron chi connectivity index (χ2n) is 10.4. The Balaban J connectivity index is 1.13. The summed E-state index contributed by atoms with van der Waals surface area (Å²) in [6.45, 7) is 3.41. The van der Waals surface area contributed by atoms with Crippen molar-refractivity contribution < 1.29 is 23.8 Å². The second-order valence-corrected chi connectivity index (χ2v) is 10.4. The summed E-state index contributed by atoms with van der Waals surface area (Å²) in [4.78, 5) is 19.1. The predicted molar refractivity (Wildman–Crippen MR) is 139 cm³/mol. The maximum Gasteiger partial charge on any atom is 0.325 e. The number of aromatic nitrogens is 1. The fourth-order valence-corrected chi connectivity index (χ4v) is 5.84. The first-order valence-electron chi connectivity index (χ1n) is 13.8. The van der Waals surface area contributed by atoms with Gasteiger partial charge in [0.2, 0.25) is 0 Å². The van der Waals surface area contributed by atoms with Gasteiger partial charge < -0.3 is 19.9 Å². The number of likely N-dealkylation sites (tertiary alicyclic amines) is 1. The summed E-state index contributed by atoms with van der Waals surface area (Å²) >= 11 is 0. The van der Waals surface area contributed by atoms with E-state index in [0.29, 0.717) is 31.9 Å². The average molecular weight is 512 g/mol. The largest absolute Gasteiger partial charge is 0.480 e. The number of ether oxygens (including phenoxy) is 2. The highest BCUT2D eigenvalue weighted by Crippen LogP contribution is 2.36. The normalized spacial score (nSPS) is 22.8. The molecule has 8 heteroatoms. The van der Waals surface area contributed by atoms with Gasteiger partial charge in [-0.1, -0.05) is 12.1 Å². The van der Waals surface area contributed by atoms with Crippen LogP contribution in [0.25, 0.3) is 0 Å². The Morgan fingerprint density at radius 1 is 1.22 bits per heavy atom.